The van der Waals surface area contributed by atoms with Crippen molar-refractivity contribution in [3.63, 3.8) is 0 Å². The van der Waals surface area contributed by atoms with E-state index in [-0.39, 0.29) is 37.1 Å². The molecule has 1 N–H and O–H groups in total. The summed E-state index contributed by atoms with van der Waals surface area (Å²) in [4.78, 5) is 34.5. The molecule has 1 amide bonds. The molecular weight excluding hydrogens is 442 g/mol. The Morgan fingerprint density at radius 3 is 2.35 bits per heavy atom. The molecular formula is C25H26F2N4O3. The van der Waals surface area contributed by atoms with Gasteiger partial charge in [0.05, 0.1) is 5.69 Å². The summed E-state index contributed by atoms with van der Waals surface area (Å²) in [6.45, 7) is 2.92. The first kappa shape index (κ1) is 23.6. The predicted octanol–water partition coefficient (Wildman–Crippen LogP) is 2.38. The Hall–Kier alpha value is -3.59. The maximum atomic E-state index is 14.1. The molecule has 0 spiro atoms. The second-order valence-electron chi connectivity index (χ2n) is 8.19. The van der Waals surface area contributed by atoms with Gasteiger partial charge < -0.3 is 14.9 Å². The summed E-state index contributed by atoms with van der Waals surface area (Å²) in [6.07, 6.45) is 0.122. The number of hydrogen-bond donors (Lipinski definition) is 1. The lowest BCUT2D eigenvalue weighted by molar-refractivity contribution is -0.132. The Balaban J connectivity index is 1.58. The molecule has 1 fully saturated rings. The number of rotatable bonds is 6. The predicted molar refractivity (Wildman–Crippen MR) is 125 cm³/mol. The fourth-order valence-corrected chi connectivity index (χ4v) is 4.21. The maximum absolute atomic E-state index is 14.1. The Labute approximate surface area is 195 Å². The van der Waals surface area contributed by atoms with Crippen LogP contribution in [0.1, 0.15) is 11.3 Å². The van der Waals surface area contributed by atoms with Gasteiger partial charge in [0.2, 0.25) is 5.91 Å². The molecule has 0 saturated carbocycles. The lowest BCUT2D eigenvalue weighted by Gasteiger charge is -2.36. The minimum atomic E-state index is -0.421. The second-order valence-corrected chi connectivity index (χ2v) is 8.19. The first-order valence-corrected chi connectivity index (χ1v) is 11.1. The molecule has 7 nitrogen and oxygen atoms in total. The average Bonchev–Trinajstić information content (AvgIpc) is 2.84. The number of nitrogens with zero attached hydrogens (tertiary/aromatic N) is 4. The van der Waals surface area contributed by atoms with Gasteiger partial charge in [0.1, 0.15) is 24.0 Å². The number of piperazine rings is 1. The number of aromatic nitrogens is 2. The normalized spacial score (nSPS) is 13.9. The van der Waals surface area contributed by atoms with Gasteiger partial charge in [-0.05, 0) is 43.3 Å². The van der Waals surface area contributed by atoms with Crippen molar-refractivity contribution < 1.29 is 18.7 Å². The van der Waals surface area contributed by atoms with Crippen LogP contribution in [0.25, 0.3) is 11.4 Å². The monoisotopic (exact) mass is 468 g/mol. The summed E-state index contributed by atoms with van der Waals surface area (Å²) in [5.74, 6) is -0.725. The quantitative estimate of drug-likeness (QED) is 0.601. The molecule has 0 atom stereocenters. The van der Waals surface area contributed by atoms with Gasteiger partial charge in [-0.25, -0.2) is 13.8 Å². The zero-order valence-corrected chi connectivity index (χ0v) is 18.9. The number of anilines is 1. The van der Waals surface area contributed by atoms with E-state index in [1.807, 2.05) is 4.90 Å². The summed E-state index contributed by atoms with van der Waals surface area (Å²) < 4.78 is 28.9. The van der Waals surface area contributed by atoms with E-state index < -0.39 is 11.4 Å². The van der Waals surface area contributed by atoms with Crippen LogP contribution in [0, 0.1) is 18.6 Å². The molecule has 0 aliphatic carbocycles. The van der Waals surface area contributed by atoms with Gasteiger partial charge >= 0.3 is 0 Å². The van der Waals surface area contributed by atoms with Crippen LogP contribution < -0.4 is 10.5 Å². The van der Waals surface area contributed by atoms with Gasteiger partial charge in [-0.15, -0.1) is 0 Å². The fraction of sp³-hybridized carbons (Fsp3) is 0.320. The first-order valence-electron chi connectivity index (χ1n) is 11.1. The van der Waals surface area contributed by atoms with E-state index in [1.165, 1.54) is 34.9 Å². The molecule has 1 saturated heterocycles. The van der Waals surface area contributed by atoms with Gasteiger partial charge in [0, 0.05) is 56.0 Å². The van der Waals surface area contributed by atoms with Crippen molar-refractivity contribution in [1.82, 2.24) is 14.5 Å². The lowest BCUT2D eigenvalue weighted by Crippen LogP contribution is -2.50. The van der Waals surface area contributed by atoms with Crippen molar-refractivity contribution in [2.75, 3.05) is 37.7 Å². The minimum absolute atomic E-state index is 0.122. The molecule has 34 heavy (non-hydrogen) atoms. The van der Waals surface area contributed by atoms with E-state index in [9.17, 15) is 23.5 Å². The fourth-order valence-electron chi connectivity index (χ4n) is 4.21. The highest BCUT2D eigenvalue weighted by atomic mass is 19.1. The number of aliphatic hydroxyl groups is 1. The highest BCUT2D eigenvalue weighted by Crippen LogP contribution is 2.21. The van der Waals surface area contributed by atoms with Crippen molar-refractivity contribution in [3.05, 3.63) is 81.8 Å². The number of aryl methyl sites for hydroxylation is 1. The van der Waals surface area contributed by atoms with Crippen LogP contribution in [0.5, 0.6) is 0 Å². The highest BCUT2D eigenvalue weighted by molar-refractivity contribution is 5.77. The molecule has 3 aromatic rings. The Bertz CT molecular complexity index is 1240. The van der Waals surface area contributed by atoms with Gasteiger partial charge in [0.25, 0.3) is 5.56 Å². The van der Waals surface area contributed by atoms with Gasteiger partial charge in [0.15, 0.2) is 0 Å². The number of carbonyl (C=O) groups excluding carboxylic acids is 1. The van der Waals surface area contributed by atoms with Crippen LogP contribution in [-0.2, 0) is 17.8 Å². The van der Waals surface area contributed by atoms with Crippen LogP contribution in [-0.4, -0.2) is 58.3 Å². The Kier molecular flexibility index (Phi) is 7.02. The first-order chi connectivity index (χ1) is 16.4. The topological polar surface area (TPSA) is 78.7 Å². The SMILES string of the molecule is Cc1nc(-c2ccc(F)cc2)n(CC(=O)N2CCN(c3ccccc3F)CC2)c(=O)c1CCO. The number of aliphatic hydroxyl groups excluding tert-OH is 1. The molecule has 0 unspecified atom stereocenters. The Morgan fingerprint density at radius 2 is 1.71 bits per heavy atom. The molecule has 178 valence electrons. The third-order valence-corrected chi connectivity index (χ3v) is 6.05. The number of halogens is 2. The molecule has 2 heterocycles. The number of hydrogen-bond acceptors (Lipinski definition) is 5. The van der Waals surface area contributed by atoms with E-state index >= 15 is 0 Å². The summed E-state index contributed by atoms with van der Waals surface area (Å²) in [7, 11) is 0. The molecule has 0 bridgehead atoms. The minimum Gasteiger partial charge on any atom is -0.396 e. The molecule has 9 heteroatoms. The molecule has 1 aliphatic rings. The standard InChI is InChI=1S/C25H26F2N4O3/c1-17-20(10-15-32)25(34)31(24(28-17)18-6-8-19(26)9-7-18)16-23(33)30-13-11-29(12-14-30)22-5-3-2-4-21(22)27/h2-9,32H,10-16H2,1H3. The molecule has 0 radical (unpaired) electrons. The summed E-state index contributed by atoms with van der Waals surface area (Å²) in [5.41, 5.74) is 1.40. The third-order valence-electron chi connectivity index (χ3n) is 6.05. The van der Waals surface area contributed by atoms with Crippen molar-refractivity contribution in [2.45, 2.75) is 19.9 Å². The van der Waals surface area contributed by atoms with E-state index in [1.54, 1.807) is 30.0 Å². The molecule has 2 aromatic carbocycles. The summed E-state index contributed by atoms with van der Waals surface area (Å²) >= 11 is 0. The van der Waals surface area contributed by atoms with E-state index in [0.717, 1.165) is 0 Å². The van der Waals surface area contributed by atoms with Crippen molar-refractivity contribution in [2.24, 2.45) is 0 Å². The second kappa shape index (κ2) is 10.1. The van der Waals surface area contributed by atoms with Crippen molar-refractivity contribution in [3.8, 4) is 11.4 Å². The number of para-hydroxylation sites is 1. The van der Waals surface area contributed by atoms with E-state index in [2.05, 4.69) is 4.98 Å². The molecule has 4 rings (SSSR count). The van der Waals surface area contributed by atoms with Gasteiger partial charge in [-0.2, -0.15) is 0 Å². The maximum Gasteiger partial charge on any atom is 0.257 e. The van der Waals surface area contributed by atoms with Gasteiger partial charge in [-0.3, -0.25) is 14.2 Å². The zero-order chi connectivity index (χ0) is 24.2. The van der Waals surface area contributed by atoms with Crippen molar-refractivity contribution >= 4 is 11.6 Å². The van der Waals surface area contributed by atoms with E-state index in [0.29, 0.717) is 48.7 Å². The third kappa shape index (κ3) is 4.84. The number of amides is 1. The Morgan fingerprint density at radius 1 is 1.03 bits per heavy atom. The van der Waals surface area contributed by atoms with Crippen molar-refractivity contribution in [1.29, 1.82) is 0 Å². The van der Waals surface area contributed by atoms with Crippen LogP contribution in [0.4, 0.5) is 14.5 Å². The molecule has 1 aliphatic heterocycles. The number of benzene rings is 2. The largest absolute Gasteiger partial charge is 0.396 e. The highest BCUT2D eigenvalue weighted by Gasteiger charge is 2.25. The van der Waals surface area contributed by atoms with Crippen LogP contribution in [0.3, 0.4) is 0 Å². The summed E-state index contributed by atoms with van der Waals surface area (Å²) in [6, 6.07) is 12.1. The summed E-state index contributed by atoms with van der Waals surface area (Å²) in [5, 5.41) is 9.38. The van der Waals surface area contributed by atoms with Crippen LogP contribution >= 0.6 is 0 Å². The smallest absolute Gasteiger partial charge is 0.257 e. The lowest BCUT2D eigenvalue weighted by atomic mass is 10.1. The average molecular weight is 469 g/mol. The van der Waals surface area contributed by atoms with Crippen LogP contribution in [0.2, 0.25) is 0 Å². The van der Waals surface area contributed by atoms with E-state index in [4.69, 9.17) is 0 Å². The number of carbonyl (C=O) groups is 1. The zero-order valence-electron chi connectivity index (χ0n) is 18.9. The van der Waals surface area contributed by atoms with Crippen LogP contribution in [0.15, 0.2) is 53.3 Å². The molecule has 1 aromatic heterocycles. The van der Waals surface area contributed by atoms with Gasteiger partial charge in [-0.1, -0.05) is 12.1 Å².